The van der Waals surface area contributed by atoms with Crippen LogP contribution in [-0.2, 0) is 11.3 Å². The van der Waals surface area contributed by atoms with Crippen LogP contribution in [0.5, 0.6) is 0 Å². The van der Waals surface area contributed by atoms with Crippen molar-refractivity contribution in [1.82, 2.24) is 20.2 Å². The molecule has 2 aromatic rings. The Balaban J connectivity index is 1.76. The van der Waals surface area contributed by atoms with Crippen LogP contribution in [0.25, 0.3) is 0 Å². The van der Waals surface area contributed by atoms with E-state index < -0.39 is 5.54 Å². The highest BCUT2D eigenvalue weighted by atomic mass is 16.5. The summed E-state index contributed by atoms with van der Waals surface area (Å²) in [5.74, 6) is -0.267. The van der Waals surface area contributed by atoms with E-state index in [1.165, 1.54) is 18.7 Å². The molecule has 1 aliphatic heterocycles. The number of aliphatic hydroxyl groups excluding tert-OH is 1. The Hall–Kier alpha value is -2.35. The number of hydrogen-bond donors (Lipinski definition) is 2. The van der Waals surface area contributed by atoms with Crippen LogP contribution in [0.4, 0.5) is 0 Å². The van der Waals surface area contributed by atoms with Crippen molar-refractivity contribution in [1.29, 1.82) is 0 Å². The maximum absolute atomic E-state index is 12.4. The number of ether oxygens (including phenoxy) is 1. The Morgan fingerprint density at radius 1 is 1.35 bits per heavy atom. The molecule has 1 fully saturated rings. The van der Waals surface area contributed by atoms with E-state index in [-0.39, 0.29) is 25.1 Å². The quantitative estimate of drug-likeness (QED) is 0.798. The molecule has 0 unspecified atom stereocenters. The predicted molar refractivity (Wildman–Crippen MR) is 96.4 cm³/mol. The Bertz CT molecular complexity index is 713. The molecule has 0 spiro atoms. The molecule has 1 aliphatic rings. The summed E-state index contributed by atoms with van der Waals surface area (Å²) in [5.41, 5.74) is 0.862. The molecule has 138 valence electrons. The fraction of sp³-hybridized carbons (Fsp3) is 0.421. The molecule has 0 bridgehead atoms. The number of carbonyl (C=O) groups excluding carboxylic acids is 1. The summed E-state index contributed by atoms with van der Waals surface area (Å²) in [6.45, 7) is 3.85. The molecule has 0 aliphatic carbocycles. The van der Waals surface area contributed by atoms with Gasteiger partial charge in [0.1, 0.15) is 6.33 Å². The summed E-state index contributed by atoms with van der Waals surface area (Å²) in [5, 5.41) is 13.1. The maximum Gasteiger partial charge on any atom is 0.254 e. The molecule has 0 radical (unpaired) electrons. The van der Waals surface area contributed by atoms with Crippen molar-refractivity contribution in [3.8, 4) is 0 Å². The van der Waals surface area contributed by atoms with Crippen molar-refractivity contribution in [2.24, 2.45) is 0 Å². The zero-order valence-electron chi connectivity index (χ0n) is 14.8. The van der Waals surface area contributed by atoms with E-state index in [1.54, 1.807) is 0 Å². The number of morpholine rings is 1. The van der Waals surface area contributed by atoms with Crippen molar-refractivity contribution in [2.45, 2.75) is 25.0 Å². The van der Waals surface area contributed by atoms with Crippen LogP contribution >= 0.6 is 0 Å². The molecule has 7 nitrogen and oxygen atoms in total. The van der Waals surface area contributed by atoms with Gasteiger partial charge < -0.3 is 15.2 Å². The van der Waals surface area contributed by atoms with Gasteiger partial charge in [0, 0.05) is 31.5 Å². The largest absolute Gasteiger partial charge is 0.394 e. The van der Waals surface area contributed by atoms with Gasteiger partial charge in [-0.05, 0) is 12.5 Å². The standard InChI is InChI=1S/C19H24N4O3/c1-15-10-26-13-19(12-24,23(15)9-16-5-3-2-4-6-16)11-22-18(25)17-7-20-14-21-8-17/h2-8,14-15,24H,9-13H2,1H3,(H,22,25)/t15-,19+/m1/s1. The molecular weight excluding hydrogens is 332 g/mol. The zero-order valence-corrected chi connectivity index (χ0v) is 14.8. The van der Waals surface area contributed by atoms with Crippen LogP contribution < -0.4 is 5.32 Å². The molecule has 2 N–H and O–H groups in total. The summed E-state index contributed by atoms with van der Waals surface area (Å²) in [4.78, 5) is 22.3. The third-order valence-electron chi connectivity index (χ3n) is 4.76. The van der Waals surface area contributed by atoms with Gasteiger partial charge in [-0.1, -0.05) is 30.3 Å². The highest BCUT2D eigenvalue weighted by molar-refractivity contribution is 5.93. The number of benzene rings is 1. The first-order valence-electron chi connectivity index (χ1n) is 8.67. The van der Waals surface area contributed by atoms with Crippen molar-refractivity contribution >= 4 is 5.91 Å². The Morgan fingerprint density at radius 3 is 2.77 bits per heavy atom. The Morgan fingerprint density at radius 2 is 2.08 bits per heavy atom. The second kappa shape index (κ2) is 8.35. The number of hydrogen-bond acceptors (Lipinski definition) is 6. The molecule has 2 heterocycles. The van der Waals surface area contributed by atoms with E-state index in [2.05, 4.69) is 39.2 Å². The van der Waals surface area contributed by atoms with E-state index in [1.807, 2.05) is 18.2 Å². The van der Waals surface area contributed by atoms with Gasteiger partial charge in [-0.2, -0.15) is 0 Å². The molecule has 1 amide bonds. The smallest absolute Gasteiger partial charge is 0.254 e. The second-order valence-electron chi connectivity index (χ2n) is 6.67. The van der Waals surface area contributed by atoms with E-state index in [0.717, 1.165) is 5.56 Å². The van der Waals surface area contributed by atoms with Crippen molar-refractivity contribution in [3.63, 3.8) is 0 Å². The van der Waals surface area contributed by atoms with Gasteiger partial charge in [-0.3, -0.25) is 9.69 Å². The molecule has 1 aromatic carbocycles. The van der Waals surface area contributed by atoms with Crippen molar-refractivity contribution in [3.05, 3.63) is 60.2 Å². The van der Waals surface area contributed by atoms with Gasteiger partial charge in [-0.15, -0.1) is 0 Å². The van der Waals surface area contributed by atoms with E-state index in [9.17, 15) is 9.90 Å². The maximum atomic E-state index is 12.4. The molecule has 26 heavy (non-hydrogen) atoms. The van der Waals surface area contributed by atoms with Gasteiger partial charge in [0.2, 0.25) is 0 Å². The number of aliphatic hydroxyl groups is 1. The number of rotatable bonds is 6. The van der Waals surface area contributed by atoms with E-state index in [0.29, 0.717) is 25.3 Å². The van der Waals surface area contributed by atoms with Crippen molar-refractivity contribution in [2.75, 3.05) is 26.4 Å². The minimum absolute atomic E-state index is 0.115. The van der Waals surface area contributed by atoms with Crippen LogP contribution in [0.15, 0.2) is 49.1 Å². The molecule has 7 heteroatoms. The lowest BCUT2D eigenvalue weighted by atomic mass is 9.94. The fourth-order valence-corrected chi connectivity index (χ4v) is 3.27. The van der Waals surface area contributed by atoms with Crippen molar-refractivity contribution < 1.29 is 14.6 Å². The second-order valence-corrected chi connectivity index (χ2v) is 6.67. The van der Waals surface area contributed by atoms with Crippen LogP contribution in [-0.4, -0.2) is 63.8 Å². The number of carbonyl (C=O) groups is 1. The third kappa shape index (κ3) is 4.07. The van der Waals surface area contributed by atoms with Gasteiger partial charge in [0.15, 0.2) is 0 Å². The van der Waals surface area contributed by atoms with Crippen LogP contribution in [0.1, 0.15) is 22.8 Å². The summed E-state index contributed by atoms with van der Waals surface area (Å²) in [6.07, 6.45) is 4.32. The average Bonchev–Trinajstić information content (AvgIpc) is 2.70. The lowest BCUT2D eigenvalue weighted by Crippen LogP contribution is -2.66. The van der Waals surface area contributed by atoms with Gasteiger partial charge in [0.25, 0.3) is 5.91 Å². The summed E-state index contributed by atoms with van der Waals surface area (Å²) in [7, 11) is 0. The normalized spacial score (nSPS) is 23.5. The first-order valence-corrected chi connectivity index (χ1v) is 8.67. The number of nitrogens with zero attached hydrogens (tertiary/aromatic N) is 3. The molecule has 1 saturated heterocycles. The topological polar surface area (TPSA) is 87.6 Å². The third-order valence-corrected chi connectivity index (χ3v) is 4.76. The van der Waals surface area contributed by atoms with E-state index in [4.69, 9.17) is 4.74 Å². The molecule has 0 saturated carbocycles. The Labute approximate surface area is 153 Å². The lowest BCUT2D eigenvalue weighted by molar-refractivity contribution is -0.121. The number of amides is 1. The first kappa shape index (κ1) is 18.4. The monoisotopic (exact) mass is 356 g/mol. The molecular formula is C19H24N4O3. The highest BCUT2D eigenvalue weighted by Gasteiger charge is 2.42. The number of aromatic nitrogens is 2. The minimum atomic E-state index is -0.682. The number of nitrogens with one attached hydrogen (secondary N) is 1. The van der Waals surface area contributed by atoms with Crippen LogP contribution in [0, 0.1) is 0 Å². The zero-order chi connectivity index (χ0) is 18.4. The summed E-state index contributed by atoms with van der Waals surface area (Å²) in [6, 6.07) is 10.2. The summed E-state index contributed by atoms with van der Waals surface area (Å²) >= 11 is 0. The fourth-order valence-electron chi connectivity index (χ4n) is 3.27. The highest BCUT2D eigenvalue weighted by Crippen LogP contribution is 2.26. The van der Waals surface area contributed by atoms with Gasteiger partial charge in [0.05, 0.1) is 30.9 Å². The first-order chi connectivity index (χ1) is 12.6. The Kier molecular flexibility index (Phi) is 5.92. The average molecular weight is 356 g/mol. The van der Waals surface area contributed by atoms with E-state index >= 15 is 0 Å². The van der Waals surface area contributed by atoms with Crippen LogP contribution in [0.3, 0.4) is 0 Å². The van der Waals surface area contributed by atoms with Crippen LogP contribution in [0.2, 0.25) is 0 Å². The lowest BCUT2D eigenvalue weighted by Gasteiger charge is -2.49. The van der Waals surface area contributed by atoms with Gasteiger partial charge in [-0.25, -0.2) is 9.97 Å². The molecule has 1 aromatic heterocycles. The SMILES string of the molecule is C[C@@H]1COC[C@@](CO)(CNC(=O)c2cncnc2)N1Cc1ccccc1. The summed E-state index contributed by atoms with van der Waals surface area (Å²) < 4.78 is 5.72. The molecule has 3 rings (SSSR count). The molecule has 2 atom stereocenters. The van der Waals surface area contributed by atoms with Gasteiger partial charge >= 0.3 is 0 Å². The predicted octanol–water partition coefficient (Wildman–Crippen LogP) is 0.858. The minimum Gasteiger partial charge on any atom is -0.394 e.